The zero-order valence-corrected chi connectivity index (χ0v) is 10.4. The minimum atomic E-state index is 0.329. The third-order valence-electron chi connectivity index (χ3n) is 4.43. The van der Waals surface area contributed by atoms with Gasteiger partial charge >= 0.3 is 0 Å². The molecule has 0 bridgehead atoms. The van der Waals surface area contributed by atoms with Crippen molar-refractivity contribution in [1.29, 1.82) is 0 Å². The Morgan fingerprint density at radius 3 is 3.17 bits per heavy atom. The molecule has 3 heterocycles. The molecule has 2 aromatic rings. The highest BCUT2D eigenvalue weighted by Crippen LogP contribution is 2.34. The molecule has 1 atom stereocenters. The van der Waals surface area contributed by atoms with Crippen LogP contribution in [-0.4, -0.2) is 29.1 Å². The summed E-state index contributed by atoms with van der Waals surface area (Å²) in [6.45, 7) is 2.36. The van der Waals surface area contributed by atoms with Gasteiger partial charge in [0.25, 0.3) is 0 Å². The van der Waals surface area contributed by atoms with E-state index in [1.54, 1.807) is 6.07 Å². The molecule has 2 aliphatic rings. The van der Waals surface area contributed by atoms with Gasteiger partial charge in [0.1, 0.15) is 17.1 Å². The molecule has 18 heavy (non-hydrogen) atoms. The highest BCUT2D eigenvalue weighted by Gasteiger charge is 2.30. The lowest BCUT2D eigenvalue weighted by Gasteiger charge is -2.20. The standard InChI is InChI=1S/C15H17NO2/c17-11-3-4-14-13(9-11)12-5-7-16-6-1-2-10(16)8-15(12)18-14/h3-4,9-10,17H,1-2,5-8H2. The van der Waals surface area contributed by atoms with Crippen LogP contribution in [0.3, 0.4) is 0 Å². The molecule has 1 fully saturated rings. The van der Waals surface area contributed by atoms with Crippen LogP contribution in [0.15, 0.2) is 22.6 Å². The predicted molar refractivity (Wildman–Crippen MR) is 69.9 cm³/mol. The summed E-state index contributed by atoms with van der Waals surface area (Å²) >= 11 is 0. The second-order valence-electron chi connectivity index (χ2n) is 5.47. The van der Waals surface area contributed by atoms with E-state index in [0.29, 0.717) is 11.8 Å². The molecule has 0 radical (unpaired) electrons. The number of fused-ring (bicyclic) bond motifs is 4. The topological polar surface area (TPSA) is 36.6 Å². The lowest BCUT2D eigenvalue weighted by Crippen LogP contribution is -2.30. The van der Waals surface area contributed by atoms with Gasteiger partial charge in [-0.05, 0) is 44.0 Å². The van der Waals surface area contributed by atoms with Crippen LogP contribution in [0, 0.1) is 0 Å². The SMILES string of the molecule is Oc1ccc2oc3c(c2c1)CCN1CCCC1C3. The maximum atomic E-state index is 9.63. The van der Waals surface area contributed by atoms with Crippen LogP contribution in [-0.2, 0) is 12.8 Å². The number of aromatic hydroxyl groups is 1. The largest absolute Gasteiger partial charge is 0.508 e. The summed E-state index contributed by atoms with van der Waals surface area (Å²) in [5.74, 6) is 1.47. The molecule has 1 N–H and O–H groups in total. The molecule has 2 aliphatic heterocycles. The molecule has 3 nitrogen and oxygen atoms in total. The molecule has 0 aliphatic carbocycles. The molecular formula is C15H17NO2. The third kappa shape index (κ3) is 1.47. The summed E-state index contributed by atoms with van der Waals surface area (Å²) in [4.78, 5) is 2.59. The zero-order chi connectivity index (χ0) is 12.1. The lowest BCUT2D eigenvalue weighted by atomic mass is 10.0. The molecular weight excluding hydrogens is 226 g/mol. The van der Waals surface area contributed by atoms with E-state index in [-0.39, 0.29) is 0 Å². The van der Waals surface area contributed by atoms with E-state index in [0.717, 1.165) is 36.1 Å². The Labute approximate surface area is 106 Å². The molecule has 0 spiro atoms. The van der Waals surface area contributed by atoms with Gasteiger partial charge in [-0.2, -0.15) is 0 Å². The van der Waals surface area contributed by atoms with Gasteiger partial charge in [0.2, 0.25) is 0 Å². The van der Waals surface area contributed by atoms with Gasteiger partial charge in [0, 0.05) is 30.0 Å². The number of benzene rings is 1. The van der Waals surface area contributed by atoms with Gasteiger partial charge in [-0.1, -0.05) is 0 Å². The summed E-state index contributed by atoms with van der Waals surface area (Å²) in [6.07, 6.45) is 4.69. The van der Waals surface area contributed by atoms with Gasteiger partial charge in [0.05, 0.1) is 0 Å². The Bertz CT molecular complexity index is 602. The fraction of sp³-hybridized carbons (Fsp3) is 0.467. The maximum absolute atomic E-state index is 9.63. The maximum Gasteiger partial charge on any atom is 0.134 e. The van der Waals surface area contributed by atoms with Crippen molar-refractivity contribution >= 4 is 11.0 Å². The molecule has 1 aromatic carbocycles. The van der Waals surface area contributed by atoms with Crippen molar-refractivity contribution in [3.05, 3.63) is 29.5 Å². The molecule has 1 unspecified atom stereocenters. The summed E-state index contributed by atoms with van der Waals surface area (Å²) < 4.78 is 6.00. The van der Waals surface area contributed by atoms with Gasteiger partial charge in [0.15, 0.2) is 0 Å². The van der Waals surface area contributed by atoms with Crippen LogP contribution in [0.1, 0.15) is 24.2 Å². The predicted octanol–water partition coefficient (Wildman–Crippen LogP) is 2.70. The number of hydrogen-bond acceptors (Lipinski definition) is 3. The van der Waals surface area contributed by atoms with E-state index in [4.69, 9.17) is 4.42 Å². The molecule has 0 saturated carbocycles. The first-order valence-corrected chi connectivity index (χ1v) is 6.78. The van der Waals surface area contributed by atoms with Crippen molar-refractivity contribution < 1.29 is 9.52 Å². The van der Waals surface area contributed by atoms with E-state index in [1.807, 2.05) is 12.1 Å². The van der Waals surface area contributed by atoms with E-state index >= 15 is 0 Å². The Balaban J connectivity index is 1.84. The normalized spacial score (nSPS) is 23.9. The van der Waals surface area contributed by atoms with Crippen LogP contribution >= 0.6 is 0 Å². The monoisotopic (exact) mass is 243 g/mol. The zero-order valence-electron chi connectivity index (χ0n) is 10.4. The highest BCUT2D eigenvalue weighted by atomic mass is 16.3. The summed E-state index contributed by atoms with van der Waals surface area (Å²) in [5, 5.41) is 10.7. The Kier molecular flexibility index (Phi) is 2.18. The first-order chi connectivity index (χ1) is 8.81. The average Bonchev–Trinajstić information content (AvgIpc) is 2.89. The van der Waals surface area contributed by atoms with Gasteiger partial charge in [-0.25, -0.2) is 0 Å². The van der Waals surface area contributed by atoms with E-state index in [2.05, 4.69) is 4.90 Å². The second kappa shape index (κ2) is 3.75. The summed E-state index contributed by atoms with van der Waals surface area (Å²) in [5.41, 5.74) is 2.24. The number of hydrogen-bond donors (Lipinski definition) is 1. The second-order valence-corrected chi connectivity index (χ2v) is 5.47. The lowest BCUT2D eigenvalue weighted by molar-refractivity contribution is 0.258. The Morgan fingerprint density at radius 2 is 2.22 bits per heavy atom. The smallest absolute Gasteiger partial charge is 0.134 e. The number of furan rings is 1. The minimum Gasteiger partial charge on any atom is -0.508 e. The van der Waals surface area contributed by atoms with Crippen molar-refractivity contribution in [3.63, 3.8) is 0 Å². The number of nitrogens with zero attached hydrogens (tertiary/aromatic N) is 1. The van der Waals surface area contributed by atoms with Crippen LogP contribution in [0.5, 0.6) is 5.75 Å². The van der Waals surface area contributed by atoms with Gasteiger partial charge in [-0.3, -0.25) is 4.90 Å². The molecule has 1 saturated heterocycles. The fourth-order valence-corrected chi connectivity index (χ4v) is 3.52. The van der Waals surface area contributed by atoms with Crippen molar-refractivity contribution in [1.82, 2.24) is 4.90 Å². The van der Waals surface area contributed by atoms with Crippen LogP contribution in [0.2, 0.25) is 0 Å². The van der Waals surface area contributed by atoms with Crippen LogP contribution in [0.25, 0.3) is 11.0 Å². The first-order valence-electron chi connectivity index (χ1n) is 6.78. The molecule has 4 rings (SSSR count). The third-order valence-corrected chi connectivity index (χ3v) is 4.43. The van der Waals surface area contributed by atoms with Gasteiger partial charge < -0.3 is 9.52 Å². The summed E-state index contributed by atoms with van der Waals surface area (Å²) in [7, 11) is 0. The van der Waals surface area contributed by atoms with Crippen molar-refractivity contribution in [2.45, 2.75) is 31.7 Å². The molecule has 0 amide bonds. The van der Waals surface area contributed by atoms with Crippen LogP contribution < -0.4 is 0 Å². The Hall–Kier alpha value is -1.48. The molecule has 94 valence electrons. The van der Waals surface area contributed by atoms with Gasteiger partial charge in [-0.15, -0.1) is 0 Å². The summed E-state index contributed by atoms with van der Waals surface area (Å²) in [6, 6.07) is 6.09. The molecule has 3 heteroatoms. The number of phenolic OH excluding ortho intramolecular Hbond substituents is 1. The van der Waals surface area contributed by atoms with E-state index in [9.17, 15) is 5.11 Å². The minimum absolute atomic E-state index is 0.329. The quantitative estimate of drug-likeness (QED) is 0.773. The van der Waals surface area contributed by atoms with Crippen molar-refractivity contribution in [3.8, 4) is 5.75 Å². The van der Waals surface area contributed by atoms with Crippen molar-refractivity contribution in [2.24, 2.45) is 0 Å². The molecule has 1 aromatic heterocycles. The number of phenols is 1. The average molecular weight is 243 g/mol. The van der Waals surface area contributed by atoms with Crippen LogP contribution in [0.4, 0.5) is 0 Å². The van der Waals surface area contributed by atoms with E-state index < -0.39 is 0 Å². The first kappa shape index (κ1) is 10.4. The highest BCUT2D eigenvalue weighted by molar-refractivity contribution is 5.83. The fourth-order valence-electron chi connectivity index (χ4n) is 3.52. The Morgan fingerprint density at radius 1 is 1.28 bits per heavy atom. The van der Waals surface area contributed by atoms with Crippen molar-refractivity contribution in [2.75, 3.05) is 13.1 Å². The van der Waals surface area contributed by atoms with E-state index in [1.165, 1.54) is 24.9 Å². The number of rotatable bonds is 0.